The zero-order valence-corrected chi connectivity index (χ0v) is 12.8. The normalized spacial score (nSPS) is 12.2. The van der Waals surface area contributed by atoms with Crippen LogP contribution in [0.3, 0.4) is 0 Å². The van der Waals surface area contributed by atoms with Crippen molar-refractivity contribution in [3.63, 3.8) is 0 Å². The number of benzene rings is 1. The fourth-order valence-corrected chi connectivity index (χ4v) is 1.69. The number of nitrogens with one attached hydrogen (secondary N) is 1. The Labute approximate surface area is 124 Å². The number of anilines is 1. The Balaban J connectivity index is 2.21. The number of oxazole rings is 1. The van der Waals surface area contributed by atoms with Gasteiger partial charge in [0.2, 0.25) is 5.91 Å². The van der Waals surface area contributed by atoms with E-state index in [2.05, 4.69) is 10.3 Å². The highest BCUT2D eigenvalue weighted by Crippen LogP contribution is 2.30. The third-order valence-electron chi connectivity index (χ3n) is 4.02. The summed E-state index contributed by atoms with van der Waals surface area (Å²) in [5.41, 5.74) is 6.32. The smallest absolute Gasteiger partial charge is 0.231 e. The summed E-state index contributed by atoms with van der Waals surface area (Å²) in [6.45, 7) is 7.36. The van der Waals surface area contributed by atoms with Crippen molar-refractivity contribution in [3.05, 3.63) is 36.9 Å². The van der Waals surface area contributed by atoms with Crippen molar-refractivity contribution in [1.29, 1.82) is 0 Å². The van der Waals surface area contributed by atoms with Crippen molar-refractivity contribution in [2.45, 2.75) is 33.2 Å². The monoisotopic (exact) mass is 287 g/mol. The zero-order chi connectivity index (χ0) is 15.7. The quantitative estimate of drug-likeness (QED) is 0.905. The molecule has 3 N–H and O–H groups in total. The van der Waals surface area contributed by atoms with Crippen LogP contribution in [0.5, 0.6) is 0 Å². The molecule has 0 aliphatic carbocycles. The zero-order valence-electron chi connectivity index (χ0n) is 12.8. The molecular formula is C16H21N3O2. The molecule has 2 aromatic rings. The molecule has 1 aromatic carbocycles. The Morgan fingerprint density at radius 1 is 1.29 bits per heavy atom. The number of hydrogen-bond acceptors (Lipinski definition) is 4. The summed E-state index contributed by atoms with van der Waals surface area (Å²) in [5, 5.41) is 2.91. The molecule has 0 atom stereocenters. The van der Waals surface area contributed by atoms with Crippen LogP contribution < -0.4 is 11.1 Å². The van der Waals surface area contributed by atoms with E-state index < -0.39 is 11.0 Å². The third kappa shape index (κ3) is 3.13. The highest BCUT2D eigenvalue weighted by molar-refractivity contribution is 5.96. The predicted molar refractivity (Wildman–Crippen MR) is 82.6 cm³/mol. The average molecular weight is 287 g/mol. The second-order valence-corrected chi connectivity index (χ2v) is 6.25. The fourth-order valence-electron chi connectivity index (χ4n) is 1.69. The summed E-state index contributed by atoms with van der Waals surface area (Å²) in [6, 6.07) is 7.43. The van der Waals surface area contributed by atoms with Crippen LogP contribution in [0.15, 0.2) is 41.3 Å². The van der Waals surface area contributed by atoms with Crippen LogP contribution in [-0.2, 0) is 4.79 Å². The molecule has 0 bridgehead atoms. The van der Waals surface area contributed by atoms with E-state index in [4.69, 9.17) is 10.2 Å². The molecule has 5 heteroatoms. The van der Waals surface area contributed by atoms with Crippen molar-refractivity contribution in [3.8, 4) is 11.3 Å². The van der Waals surface area contributed by atoms with Crippen LogP contribution in [0.4, 0.5) is 5.69 Å². The van der Waals surface area contributed by atoms with Gasteiger partial charge in [0.1, 0.15) is 0 Å². The number of amides is 1. The van der Waals surface area contributed by atoms with Gasteiger partial charge in [-0.3, -0.25) is 4.79 Å². The third-order valence-corrected chi connectivity index (χ3v) is 4.02. The lowest BCUT2D eigenvalue weighted by Crippen LogP contribution is -2.53. The SMILES string of the molecule is CC(C)(N)C(C)(C)C(=O)Nc1cccc(-c2cnco2)c1. The van der Waals surface area contributed by atoms with Crippen molar-refractivity contribution >= 4 is 11.6 Å². The molecule has 0 aliphatic rings. The molecule has 0 spiro atoms. The molecule has 0 aliphatic heterocycles. The standard InChI is InChI=1S/C16H21N3O2/c1-15(2,16(3,4)17)14(20)19-12-7-5-6-11(8-12)13-9-18-10-21-13/h5-10H,17H2,1-4H3,(H,19,20). The van der Waals surface area contributed by atoms with Crippen LogP contribution in [0.1, 0.15) is 27.7 Å². The maximum atomic E-state index is 12.5. The highest BCUT2D eigenvalue weighted by Gasteiger charge is 2.40. The average Bonchev–Trinajstić information content (AvgIpc) is 2.91. The molecule has 0 fully saturated rings. The highest BCUT2D eigenvalue weighted by atomic mass is 16.3. The van der Waals surface area contributed by atoms with Crippen molar-refractivity contribution in [2.75, 3.05) is 5.32 Å². The minimum Gasteiger partial charge on any atom is -0.444 e. The van der Waals surface area contributed by atoms with E-state index in [-0.39, 0.29) is 5.91 Å². The molecule has 0 unspecified atom stereocenters. The van der Waals surface area contributed by atoms with Crippen LogP contribution in [0.2, 0.25) is 0 Å². The molecule has 2 rings (SSSR count). The first kappa shape index (κ1) is 15.3. The summed E-state index contributed by atoms with van der Waals surface area (Å²) in [7, 11) is 0. The summed E-state index contributed by atoms with van der Waals surface area (Å²) in [5.74, 6) is 0.536. The fraction of sp³-hybridized carbons (Fsp3) is 0.375. The summed E-state index contributed by atoms with van der Waals surface area (Å²) in [4.78, 5) is 16.3. The molecular weight excluding hydrogens is 266 g/mol. The van der Waals surface area contributed by atoms with E-state index in [1.54, 1.807) is 6.20 Å². The number of nitrogens with zero attached hydrogens (tertiary/aromatic N) is 1. The maximum absolute atomic E-state index is 12.5. The molecule has 112 valence electrons. The van der Waals surface area contributed by atoms with Gasteiger partial charge < -0.3 is 15.5 Å². The molecule has 0 saturated carbocycles. The second kappa shape index (κ2) is 5.33. The Hall–Kier alpha value is -2.14. The van der Waals surface area contributed by atoms with E-state index in [1.807, 2.05) is 52.0 Å². The van der Waals surface area contributed by atoms with Gasteiger partial charge in [-0.25, -0.2) is 4.98 Å². The first-order valence-electron chi connectivity index (χ1n) is 6.81. The Kier molecular flexibility index (Phi) is 3.87. The number of rotatable bonds is 4. The van der Waals surface area contributed by atoms with Crippen LogP contribution in [0.25, 0.3) is 11.3 Å². The van der Waals surface area contributed by atoms with Gasteiger partial charge in [-0.2, -0.15) is 0 Å². The van der Waals surface area contributed by atoms with E-state index in [0.717, 1.165) is 5.56 Å². The summed E-state index contributed by atoms with van der Waals surface area (Å²) in [6.07, 6.45) is 3.01. The van der Waals surface area contributed by atoms with Gasteiger partial charge in [0.25, 0.3) is 0 Å². The Morgan fingerprint density at radius 3 is 2.57 bits per heavy atom. The van der Waals surface area contributed by atoms with Crippen LogP contribution >= 0.6 is 0 Å². The van der Waals surface area contributed by atoms with E-state index >= 15 is 0 Å². The summed E-state index contributed by atoms with van der Waals surface area (Å²) >= 11 is 0. The van der Waals surface area contributed by atoms with Crippen molar-refractivity contribution in [1.82, 2.24) is 4.98 Å². The maximum Gasteiger partial charge on any atom is 0.231 e. The van der Waals surface area contributed by atoms with E-state index in [1.165, 1.54) is 6.39 Å². The second-order valence-electron chi connectivity index (χ2n) is 6.25. The van der Waals surface area contributed by atoms with Gasteiger partial charge in [0.05, 0.1) is 11.6 Å². The topological polar surface area (TPSA) is 81.2 Å². The van der Waals surface area contributed by atoms with Crippen molar-refractivity contribution < 1.29 is 9.21 Å². The number of aromatic nitrogens is 1. The lowest BCUT2D eigenvalue weighted by atomic mass is 9.74. The molecule has 5 nitrogen and oxygen atoms in total. The largest absolute Gasteiger partial charge is 0.444 e. The van der Waals surface area contributed by atoms with Gasteiger partial charge in [-0.15, -0.1) is 0 Å². The number of carbonyl (C=O) groups is 1. The molecule has 1 amide bonds. The molecule has 0 saturated heterocycles. The van der Waals surface area contributed by atoms with Gasteiger partial charge >= 0.3 is 0 Å². The molecule has 1 heterocycles. The number of carbonyl (C=O) groups excluding carboxylic acids is 1. The Morgan fingerprint density at radius 2 is 2.00 bits per heavy atom. The van der Waals surface area contributed by atoms with Crippen molar-refractivity contribution in [2.24, 2.45) is 11.1 Å². The van der Waals surface area contributed by atoms with Crippen LogP contribution in [0, 0.1) is 5.41 Å². The molecule has 21 heavy (non-hydrogen) atoms. The van der Waals surface area contributed by atoms with Gasteiger partial charge in [-0.1, -0.05) is 12.1 Å². The number of nitrogens with two attached hydrogens (primary N) is 1. The van der Waals surface area contributed by atoms with Gasteiger partial charge in [-0.05, 0) is 39.8 Å². The molecule has 1 aromatic heterocycles. The van der Waals surface area contributed by atoms with Crippen LogP contribution in [-0.4, -0.2) is 16.4 Å². The lowest BCUT2D eigenvalue weighted by molar-refractivity contribution is -0.126. The molecule has 0 radical (unpaired) electrons. The first-order valence-corrected chi connectivity index (χ1v) is 6.81. The summed E-state index contributed by atoms with van der Waals surface area (Å²) < 4.78 is 5.26. The van der Waals surface area contributed by atoms with E-state index in [0.29, 0.717) is 11.4 Å². The lowest BCUT2D eigenvalue weighted by Gasteiger charge is -2.36. The first-order chi connectivity index (χ1) is 9.72. The van der Waals surface area contributed by atoms with Gasteiger partial charge in [0, 0.05) is 16.8 Å². The minimum atomic E-state index is -0.699. The Bertz CT molecular complexity index is 625. The van der Waals surface area contributed by atoms with Gasteiger partial charge in [0.15, 0.2) is 12.2 Å². The van der Waals surface area contributed by atoms with E-state index in [9.17, 15) is 4.79 Å². The number of hydrogen-bond donors (Lipinski definition) is 2. The minimum absolute atomic E-state index is 0.121. The predicted octanol–water partition coefficient (Wildman–Crippen LogP) is 3.04.